The molecular weight excluding hydrogens is 310 g/mol. The van der Waals surface area contributed by atoms with Gasteiger partial charge in [0.25, 0.3) is 0 Å². The van der Waals surface area contributed by atoms with Crippen LogP contribution in [0.5, 0.6) is 0 Å². The van der Waals surface area contributed by atoms with Gasteiger partial charge in [-0.2, -0.15) is 0 Å². The Kier molecular flexibility index (Phi) is 4.12. The molecule has 1 saturated heterocycles. The number of hydrogen-bond acceptors (Lipinski definition) is 4. The van der Waals surface area contributed by atoms with Crippen molar-refractivity contribution in [1.29, 1.82) is 0 Å². The molecule has 5 heteroatoms. The summed E-state index contributed by atoms with van der Waals surface area (Å²) in [6, 6.07) is 6.73. The van der Waals surface area contributed by atoms with E-state index in [9.17, 15) is 4.79 Å². The zero-order valence-electron chi connectivity index (χ0n) is 13.5. The van der Waals surface area contributed by atoms with Gasteiger partial charge in [0.05, 0.1) is 18.5 Å². The topological polar surface area (TPSA) is 47.6 Å². The Morgan fingerprint density at radius 1 is 1.26 bits per heavy atom. The van der Waals surface area contributed by atoms with E-state index in [-0.39, 0.29) is 23.0 Å². The molecule has 3 aliphatic rings. The van der Waals surface area contributed by atoms with Crippen molar-refractivity contribution in [3.8, 4) is 0 Å². The van der Waals surface area contributed by atoms with Gasteiger partial charge in [0.15, 0.2) is 5.79 Å². The van der Waals surface area contributed by atoms with E-state index in [1.807, 2.05) is 0 Å². The third kappa shape index (κ3) is 3.14. The lowest BCUT2D eigenvalue weighted by atomic mass is 9.90. The highest BCUT2D eigenvalue weighted by atomic mass is 32.2. The molecule has 1 aromatic rings. The normalized spacial score (nSPS) is 26.4. The summed E-state index contributed by atoms with van der Waals surface area (Å²) in [5.74, 6) is -0.171. The molecule has 0 unspecified atom stereocenters. The number of aryl methyl sites for hydroxylation is 1. The molecule has 1 spiro atoms. The number of hydrogen-bond donors (Lipinski definition) is 1. The van der Waals surface area contributed by atoms with E-state index in [0.717, 1.165) is 32.1 Å². The average molecular weight is 333 g/mol. The van der Waals surface area contributed by atoms with Crippen molar-refractivity contribution in [3.05, 3.63) is 29.3 Å². The molecule has 4 nitrogen and oxygen atoms in total. The number of ether oxygens (including phenoxy) is 2. The Labute approximate surface area is 141 Å². The standard InChI is InChI=1S/C18H23NO3S/c1-12-2-3-13-11-16(23-15(13)10-12)17(20)19-14-4-6-18(7-5-14)21-8-9-22-18/h2-3,10,14,16H,4-9,11H2,1H3,(H,19,20)/t16-/m0/s1. The second kappa shape index (κ2) is 6.11. The van der Waals surface area contributed by atoms with Crippen LogP contribution < -0.4 is 5.32 Å². The number of amides is 1. The number of benzene rings is 1. The lowest BCUT2D eigenvalue weighted by molar-refractivity contribution is -0.180. The first-order valence-electron chi connectivity index (χ1n) is 8.48. The first-order valence-corrected chi connectivity index (χ1v) is 9.36. The quantitative estimate of drug-likeness (QED) is 0.904. The molecule has 1 N–H and O–H groups in total. The predicted octanol–water partition coefficient (Wildman–Crippen LogP) is 2.81. The summed E-state index contributed by atoms with van der Waals surface area (Å²) >= 11 is 1.70. The first kappa shape index (κ1) is 15.5. The summed E-state index contributed by atoms with van der Waals surface area (Å²) in [7, 11) is 0. The fourth-order valence-electron chi connectivity index (χ4n) is 3.76. The zero-order valence-corrected chi connectivity index (χ0v) is 14.3. The van der Waals surface area contributed by atoms with E-state index < -0.39 is 0 Å². The van der Waals surface area contributed by atoms with Gasteiger partial charge in [-0.15, -0.1) is 11.8 Å². The monoisotopic (exact) mass is 333 g/mol. The maximum absolute atomic E-state index is 12.6. The highest BCUT2D eigenvalue weighted by Crippen LogP contribution is 2.39. The minimum Gasteiger partial charge on any atom is -0.352 e. The first-order chi connectivity index (χ1) is 11.1. The molecule has 0 aromatic heterocycles. The lowest BCUT2D eigenvalue weighted by Crippen LogP contribution is -2.46. The number of thioether (sulfide) groups is 1. The van der Waals surface area contributed by atoms with Crippen molar-refractivity contribution in [2.24, 2.45) is 0 Å². The van der Waals surface area contributed by atoms with Gasteiger partial charge < -0.3 is 14.8 Å². The molecule has 4 rings (SSSR count). The molecular formula is C18H23NO3S. The third-order valence-corrected chi connectivity index (χ3v) is 6.40. The van der Waals surface area contributed by atoms with Crippen LogP contribution in [0, 0.1) is 6.92 Å². The number of nitrogens with one attached hydrogen (secondary N) is 1. The lowest BCUT2D eigenvalue weighted by Gasteiger charge is -2.35. The molecule has 0 radical (unpaired) electrons. The summed E-state index contributed by atoms with van der Waals surface area (Å²) in [6.45, 7) is 3.50. The molecule has 2 heterocycles. The van der Waals surface area contributed by atoms with Crippen molar-refractivity contribution in [2.45, 2.75) is 61.0 Å². The van der Waals surface area contributed by atoms with Crippen LogP contribution in [-0.2, 0) is 20.7 Å². The van der Waals surface area contributed by atoms with Crippen LogP contribution >= 0.6 is 11.8 Å². The van der Waals surface area contributed by atoms with E-state index >= 15 is 0 Å². The molecule has 2 aliphatic heterocycles. The van der Waals surface area contributed by atoms with E-state index in [2.05, 4.69) is 30.4 Å². The van der Waals surface area contributed by atoms with E-state index in [1.54, 1.807) is 11.8 Å². The number of carbonyl (C=O) groups is 1. The molecule has 1 atom stereocenters. The number of rotatable bonds is 2. The Morgan fingerprint density at radius 3 is 2.74 bits per heavy atom. The van der Waals surface area contributed by atoms with E-state index in [4.69, 9.17) is 9.47 Å². The van der Waals surface area contributed by atoms with Gasteiger partial charge in [-0.3, -0.25) is 4.79 Å². The van der Waals surface area contributed by atoms with Gasteiger partial charge >= 0.3 is 0 Å². The number of carbonyl (C=O) groups excluding carboxylic acids is 1. The Bertz CT molecular complexity index is 602. The van der Waals surface area contributed by atoms with Gasteiger partial charge in [0.2, 0.25) is 5.91 Å². The van der Waals surface area contributed by atoms with Gasteiger partial charge in [-0.25, -0.2) is 0 Å². The minimum absolute atomic E-state index is 0.0154. The molecule has 1 saturated carbocycles. The highest BCUT2D eigenvalue weighted by molar-refractivity contribution is 8.01. The maximum atomic E-state index is 12.6. The van der Waals surface area contributed by atoms with Crippen molar-refractivity contribution in [3.63, 3.8) is 0 Å². The fourth-order valence-corrected chi connectivity index (χ4v) is 5.06. The second-order valence-corrected chi connectivity index (χ2v) is 8.06. The van der Waals surface area contributed by atoms with Gasteiger partial charge in [-0.1, -0.05) is 17.7 Å². The van der Waals surface area contributed by atoms with Gasteiger partial charge in [0.1, 0.15) is 0 Å². The van der Waals surface area contributed by atoms with Crippen molar-refractivity contribution >= 4 is 17.7 Å². The molecule has 0 bridgehead atoms. The summed E-state index contributed by atoms with van der Waals surface area (Å²) in [5.41, 5.74) is 2.56. The van der Waals surface area contributed by atoms with Crippen LogP contribution in [0.4, 0.5) is 0 Å². The average Bonchev–Trinajstić information content (AvgIpc) is 3.16. The van der Waals surface area contributed by atoms with Gasteiger partial charge in [0, 0.05) is 23.8 Å². The molecule has 1 aromatic carbocycles. The van der Waals surface area contributed by atoms with Crippen molar-refractivity contribution < 1.29 is 14.3 Å². The van der Waals surface area contributed by atoms with Gasteiger partial charge in [-0.05, 0) is 37.8 Å². The predicted molar refractivity (Wildman–Crippen MR) is 89.6 cm³/mol. The Balaban J connectivity index is 1.31. The fraction of sp³-hybridized carbons (Fsp3) is 0.611. The zero-order chi connectivity index (χ0) is 15.9. The van der Waals surface area contributed by atoms with E-state index in [0.29, 0.717) is 13.2 Å². The summed E-state index contributed by atoms with van der Waals surface area (Å²) in [6.07, 6.45) is 4.49. The van der Waals surface area contributed by atoms with Crippen LogP contribution in [-0.4, -0.2) is 36.2 Å². The second-order valence-electron chi connectivity index (χ2n) is 6.81. The van der Waals surface area contributed by atoms with E-state index in [1.165, 1.54) is 16.0 Å². The third-order valence-electron chi connectivity index (χ3n) is 5.10. The summed E-state index contributed by atoms with van der Waals surface area (Å²) in [4.78, 5) is 13.8. The minimum atomic E-state index is -0.350. The summed E-state index contributed by atoms with van der Waals surface area (Å²) in [5, 5.41) is 3.26. The Hall–Kier alpha value is -1.04. The van der Waals surface area contributed by atoms with Crippen LogP contribution in [0.2, 0.25) is 0 Å². The van der Waals surface area contributed by atoms with Crippen LogP contribution in [0.25, 0.3) is 0 Å². The largest absolute Gasteiger partial charge is 0.352 e. The Morgan fingerprint density at radius 2 is 2.00 bits per heavy atom. The van der Waals surface area contributed by atoms with Crippen LogP contribution in [0.3, 0.4) is 0 Å². The van der Waals surface area contributed by atoms with Crippen molar-refractivity contribution in [1.82, 2.24) is 5.32 Å². The number of fused-ring (bicyclic) bond motifs is 1. The SMILES string of the molecule is Cc1ccc2c(c1)S[C@H](C(=O)NC1CCC3(CC1)OCCO3)C2. The van der Waals surface area contributed by atoms with Crippen LogP contribution in [0.1, 0.15) is 36.8 Å². The molecule has 1 amide bonds. The molecule has 1 aliphatic carbocycles. The highest BCUT2D eigenvalue weighted by Gasteiger charge is 2.41. The van der Waals surface area contributed by atoms with Crippen LogP contribution in [0.15, 0.2) is 23.1 Å². The van der Waals surface area contributed by atoms with Crippen molar-refractivity contribution in [2.75, 3.05) is 13.2 Å². The maximum Gasteiger partial charge on any atom is 0.234 e. The smallest absolute Gasteiger partial charge is 0.234 e. The molecule has 124 valence electrons. The molecule has 2 fully saturated rings. The summed E-state index contributed by atoms with van der Waals surface area (Å²) < 4.78 is 11.5. The molecule has 23 heavy (non-hydrogen) atoms.